The molecule has 11 heteroatoms. The molecule has 0 saturated carbocycles. The van der Waals surface area contributed by atoms with E-state index in [2.05, 4.69) is 0 Å². The summed E-state index contributed by atoms with van der Waals surface area (Å²) in [5.74, 6) is -1.16. The summed E-state index contributed by atoms with van der Waals surface area (Å²) in [4.78, 5) is 12.6. The standard InChI is InChI=1S/C24H14Cl4F3NO3/c25-14-2-4-16(19(27)10-14)17(12-32)21(33)7-8-34-23-11-15(3-5-18(23)26)35-22-6-1-13(9-20(22)28)24(29,30)31/h1-6,9-11,17H,7-8H2. The zero-order valence-electron chi connectivity index (χ0n) is 17.5. The topological polar surface area (TPSA) is 59.3 Å². The number of nitriles is 1. The number of hydrogen-bond acceptors (Lipinski definition) is 4. The summed E-state index contributed by atoms with van der Waals surface area (Å²) in [6, 6.07) is 13.5. The van der Waals surface area contributed by atoms with Crippen LogP contribution in [0, 0.1) is 11.3 Å². The van der Waals surface area contributed by atoms with Crippen molar-refractivity contribution in [3.05, 3.63) is 85.8 Å². The lowest BCUT2D eigenvalue weighted by Gasteiger charge is -2.14. The second kappa shape index (κ2) is 11.4. The summed E-state index contributed by atoms with van der Waals surface area (Å²) in [6.45, 7) is -0.105. The largest absolute Gasteiger partial charge is 0.491 e. The highest BCUT2D eigenvalue weighted by Crippen LogP contribution is 2.38. The smallest absolute Gasteiger partial charge is 0.416 e. The zero-order chi connectivity index (χ0) is 25.8. The Labute approximate surface area is 218 Å². The first-order valence-electron chi connectivity index (χ1n) is 9.84. The Morgan fingerprint density at radius 1 is 0.914 bits per heavy atom. The number of nitrogens with zero attached hydrogens (tertiary/aromatic N) is 1. The number of Topliss-reactive ketones (excluding diaryl/α,β-unsaturated/α-hetero) is 1. The van der Waals surface area contributed by atoms with E-state index in [9.17, 15) is 23.2 Å². The fourth-order valence-electron chi connectivity index (χ4n) is 3.00. The second-order valence-corrected chi connectivity index (χ2v) is 8.79. The number of benzene rings is 3. The van der Waals surface area contributed by atoms with Crippen molar-refractivity contribution in [2.45, 2.75) is 18.5 Å². The molecule has 3 aromatic rings. The number of carbonyl (C=O) groups excluding carboxylic acids is 1. The lowest BCUT2D eigenvalue weighted by atomic mass is 9.94. The molecule has 0 amide bonds. The minimum atomic E-state index is -4.54. The summed E-state index contributed by atoms with van der Waals surface area (Å²) < 4.78 is 49.6. The van der Waals surface area contributed by atoms with E-state index in [1.54, 1.807) is 0 Å². The Morgan fingerprint density at radius 2 is 1.66 bits per heavy atom. The lowest BCUT2D eigenvalue weighted by Crippen LogP contribution is -2.15. The Balaban J connectivity index is 1.66. The summed E-state index contributed by atoms with van der Waals surface area (Å²) in [7, 11) is 0. The molecule has 0 heterocycles. The van der Waals surface area contributed by atoms with Gasteiger partial charge in [0.1, 0.15) is 23.2 Å². The molecule has 0 fully saturated rings. The summed E-state index contributed by atoms with van der Waals surface area (Å²) in [5.41, 5.74) is -0.569. The number of halogens is 7. The molecule has 0 aromatic heterocycles. The van der Waals surface area contributed by atoms with Gasteiger partial charge in [-0.3, -0.25) is 4.79 Å². The number of ketones is 1. The molecule has 0 N–H and O–H groups in total. The zero-order valence-corrected chi connectivity index (χ0v) is 20.5. The van der Waals surface area contributed by atoms with Crippen LogP contribution in [0.1, 0.15) is 23.5 Å². The molecule has 4 nitrogen and oxygen atoms in total. The number of hydrogen-bond donors (Lipinski definition) is 0. The van der Waals surface area contributed by atoms with Gasteiger partial charge in [0.2, 0.25) is 0 Å². The van der Waals surface area contributed by atoms with Crippen LogP contribution in [0.5, 0.6) is 17.2 Å². The predicted octanol–water partition coefficient (Wildman–Crippen LogP) is 8.76. The molecular weight excluding hydrogens is 549 g/mol. The van der Waals surface area contributed by atoms with Gasteiger partial charge in [0.15, 0.2) is 5.78 Å². The normalized spacial score (nSPS) is 12.1. The summed E-state index contributed by atoms with van der Waals surface area (Å²) in [5, 5.41) is 10.0. The number of rotatable bonds is 8. The molecule has 3 aromatic carbocycles. The fraction of sp³-hybridized carbons (Fsp3) is 0.167. The maximum absolute atomic E-state index is 12.8. The fourth-order valence-corrected chi connectivity index (χ4v) is 3.91. The Bertz CT molecular complexity index is 1290. The van der Waals surface area contributed by atoms with Crippen LogP contribution in [0.25, 0.3) is 0 Å². The monoisotopic (exact) mass is 561 g/mol. The van der Waals surface area contributed by atoms with Crippen molar-refractivity contribution in [3.8, 4) is 23.3 Å². The molecule has 3 rings (SSSR count). The molecule has 0 aliphatic heterocycles. The molecule has 0 aliphatic rings. The van der Waals surface area contributed by atoms with E-state index < -0.39 is 23.4 Å². The van der Waals surface area contributed by atoms with E-state index in [4.69, 9.17) is 55.9 Å². The predicted molar refractivity (Wildman–Crippen MR) is 128 cm³/mol. The van der Waals surface area contributed by atoms with Gasteiger partial charge in [-0.05, 0) is 48.0 Å². The highest BCUT2D eigenvalue weighted by molar-refractivity contribution is 6.35. The van der Waals surface area contributed by atoms with Crippen LogP contribution in [0.15, 0.2) is 54.6 Å². The molecule has 35 heavy (non-hydrogen) atoms. The number of ether oxygens (including phenoxy) is 2. The third kappa shape index (κ3) is 6.96. The van der Waals surface area contributed by atoms with Crippen molar-refractivity contribution in [1.29, 1.82) is 5.26 Å². The quantitative estimate of drug-likeness (QED) is 0.275. The Kier molecular flexibility index (Phi) is 8.79. The van der Waals surface area contributed by atoms with Gasteiger partial charge >= 0.3 is 6.18 Å². The average Bonchev–Trinajstić information content (AvgIpc) is 2.78. The SMILES string of the molecule is N#CC(C(=O)CCOc1cc(Oc2ccc(C(F)(F)F)cc2Cl)ccc1Cl)c1ccc(Cl)cc1Cl. The van der Waals surface area contributed by atoms with Crippen molar-refractivity contribution in [2.24, 2.45) is 0 Å². The molecule has 1 unspecified atom stereocenters. The van der Waals surface area contributed by atoms with Gasteiger partial charge in [0.05, 0.1) is 28.3 Å². The Hall–Kier alpha value is -2.63. The van der Waals surface area contributed by atoms with Crippen molar-refractivity contribution < 1.29 is 27.4 Å². The van der Waals surface area contributed by atoms with Gasteiger partial charge in [-0.25, -0.2) is 0 Å². The van der Waals surface area contributed by atoms with Crippen molar-refractivity contribution in [1.82, 2.24) is 0 Å². The van der Waals surface area contributed by atoms with E-state index in [0.717, 1.165) is 18.2 Å². The van der Waals surface area contributed by atoms with Crippen LogP contribution in [-0.2, 0) is 11.0 Å². The van der Waals surface area contributed by atoms with Crippen LogP contribution < -0.4 is 9.47 Å². The van der Waals surface area contributed by atoms with Gasteiger partial charge in [-0.1, -0.05) is 52.5 Å². The van der Waals surface area contributed by atoms with Crippen LogP contribution in [0.2, 0.25) is 20.1 Å². The molecule has 1 atom stereocenters. The van der Waals surface area contributed by atoms with Gasteiger partial charge < -0.3 is 9.47 Å². The first-order valence-corrected chi connectivity index (χ1v) is 11.3. The highest BCUT2D eigenvalue weighted by atomic mass is 35.5. The van der Waals surface area contributed by atoms with E-state index in [1.807, 2.05) is 6.07 Å². The molecule has 0 aliphatic carbocycles. The first kappa shape index (κ1) is 27.0. The minimum Gasteiger partial charge on any atom is -0.491 e. The van der Waals surface area contributed by atoms with Crippen molar-refractivity contribution in [3.63, 3.8) is 0 Å². The van der Waals surface area contributed by atoms with E-state index >= 15 is 0 Å². The van der Waals surface area contributed by atoms with E-state index in [-0.39, 0.29) is 45.3 Å². The van der Waals surface area contributed by atoms with Crippen LogP contribution >= 0.6 is 46.4 Å². The second-order valence-electron chi connectivity index (χ2n) is 7.13. The van der Waals surface area contributed by atoms with Gasteiger partial charge in [-0.2, -0.15) is 18.4 Å². The minimum absolute atomic E-state index is 0.000165. The van der Waals surface area contributed by atoms with Crippen LogP contribution in [-0.4, -0.2) is 12.4 Å². The molecule has 0 saturated heterocycles. The van der Waals surface area contributed by atoms with E-state index in [0.29, 0.717) is 10.6 Å². The molecule has 0 spiro atoms. The molecule has 0 bridgehead atoms. The summed E-state index contributed by atoms with van der Waals surface area (Å²) in [6.07, 6.45) is -4.66. The maximum Gasteiger partial charge on any atom is 0.416 e. The van der Waals surface area contributed by atoms with Gasteiger partial charge in [0.25, 0.3) is 0 Å². The summed E-state index contributed by atoms with van der Waals surface area (Å²) >= 11 is 24.0. The van der Waals surface area contributed by atoms with Gasteiger partial charge in [-0.15, -0.1) is 0 Å². The van der Waals surface area contributed by atoms with Crippen LogP contribution in [0.4, 0.5) is 13.2 Å². The highest BCUT2D eigenvalue weighted by Gasteiger charge is 2.31. The third-order valence-electron chi connectivity index (χ3n) is 4.72. The van der Waals surface area contributed by atoms with Crippen molar-refractivity contribution >= 4 is 52.2 Å². The Morgan fingerprint density at radius 3 is 2.29 bits per heavy atom. The third-order valence-corrected chi connectivity index (χ3v) is 5.89. The average molecular weight is 563 g/mol. The van der Waals surface area contributed by atoms with Crippen molar-refractivity contribution in [2.75, 3.05) is 6.61 Å². The van der Waals surface area contributed by atoms with Gasteiger partial charge in [0, 0.05) is 22.5 Å². The maximum atomic E-state index is 12.8. The molecule has 0 radical (unpaired) electrons. The van der Waals surface area contributed by atoms with Crippen LogP contribution in [0.3, 0.4) is 0 Å². The number of alkyl halides is 3. The molecule has 182 valence electrons. The number of carbonyl (C=O) groups is 1. The van der Waals surface area contributed by atoms with E-state index in [1.165, 1.54) is 36.4 Å². The molecular formula is C24H14Cl4F3NO3. The first-order chi connectivity index (χ1) is 16.5. The lowest BCUT2D eigenvalue weighted by molar-refractivity contribution is -0.137.